The number of aliphatic hydroxyl groups is 1. The van der Waals surface area contributed by atoms with Crippen LogP contribution in [0.1, 0.15) is 50.5 Å². The molecule has 17 heavy (non-hydrogen) atoms. The monoisotopic (exact) mass is 233 g/mol. The second-order valence-electron chi connectivity index (χ2n) is 5.88. The lowest BCUT2D eigenvalue weighted by molar-refractivity contribution is 0.0521. The summed E-state index contributed by atoms with van der Waals surface area (Å²) in [4.78, 5) is 4.31. The zero-order valence-electron chi connectivity index (χ0n) is 11.1. The third-order valence-corrected chi connectivity index (χ3v) is 3.90. The first-order valence-electron chi connectivity index (χ1n) is 6.67. The molecule has 1 heterocycles. The summed E-state index contributed by atoms with van der Waals surface area (Å²) in [6.45, 7) is 6.63. The molecule has 1 N–H and O–H groups in total. The van der Waals surface area contributed by atoms with Crippen molar-refractivity contribution in [3.63, 3.8) is 0 Å². The summed E-state index contributed by atoms with van der Waals surface area (Å²) in [5.74, 6) is 1.83. The SMILES string of the molecule is Cc1ccnc(C(O)C2CC(C)CC(C)C2)c1. The van der Waals surface area contributed by atoms with Gasteiger partial charge in [0.05, 0.1) is 11.8 Å². The van der Waals surface area contributed by atoms with Gasteiger partial charge in [0.1, 0.15) is 0 Å². The molecule has 2 heteroatoms. The van der Waals surface area contributed by atoms with Crippen molar-refractivity contribution in [2.24, 2.45) is 17.8 Å². The van der Waals surface area contributed by atoms with E-state index < -0.39 is 0 Å². The van der Waals surface area contributed by atoms with Crippen LogP contribution in [0.3, 0.4) is 0 Å². The molecule has 0 radical (unpaired) electrons. The van der Waals surface area contributed by atoms with Crippen LogP contribution >= 0.6 is 0 Å². The summed E-state index contributed by atoms with van der Waals surface area (Å²) < 4.78 is 0. The highest BCUT2D eigenvalue weighted by Crippen LogP contribution is 2.39. The van der Waals surface area contributed by atoms with Crippen molar-refractivity contribution in [2.75, 3.05) is 0 Å². The number of nitrogens with zero attached hydrogens (tertiary/aromatic N) is 1. The smallest absolute Gasteiger partial charge is 0.0988 e. The molecule has 2 nitrogen and oxygen atoms in total. The Morgan fingerprint density at radius 1 is 1.24 bits per heavy atom. The predicted molar refractivity (Wildman–Crippen MR) is 69.6 cm³/mol. The number of aliphatic hydroxyl groups excluding tert-OH is 1. The molecule has 0 saturated heterocycles. The van der Waals surface area contributed by atoms with E-state index in [2.05, 4.69) is 18.8 Å². The number of pyridine rings is 1. The van der Waals surface area contributed by atoms with Crippen LogP contribution in [0.4, 0.5) is 0 Å². The zero-order chi connectivity index (χ0) is 12.4. The summed E-state index contributed by atoms with van der Waals surface area (Å²) in [5.41, 5.74) is 2.02. The fourth-order valence-corrected chi connectivity index (χ4v) is 3.23. The molecule has 1 fully saturated rings. The first kappa shape index (κ1) is 12.6. The van der Waals surface area contributed by atoms with E-state index in [-0.39, 0.29) is 6.10 Å². The van der Waals surface area contributed by atoms with Gasteiger partial charge in [-0.25, -0.2) is 0 Å². The molecule has 3 unspecified atom stereocenters. The van der Waals surface area contributed by atoms with Crippen molar-refractivity contribution in [1.29, 1.82) is 0 Å². The van der Waals surface area contributed by atoms with Gasteiger partial charge in [-0.1, -0.05) is 13.8 Å². The summed E-state index contributed by atoms with van der Waals surface area (Å²) in [6.07, 6.45) is 4.95. The Kier molecular flexibility index (Phi) is 3.82. The van der Waals surface area contributed by atoms with Gasteiger partial charge >= 0.3 is 0 Å². The van der Waals surface area contributed by atoms with Crippen LogP contribution in [-0.2, 0) is 0 Å². The summed E-state index contributed by atoms with van der Waals surface area (Å²) in [6, 6.07) is 3.98. The Morgan fingerprint density at radius 2 is 1.88 bits per heavy atom. The van der Waals surface area contributed by atoms with Crippen LogP contribution in [0.5, 0.6) is 0 Å². The lowest BCUT2D eigenvalue weighted by Gasteiger charge is -2.34. The van der Waals surface area contributed by atoms with E-state index in [9.17, 15) is 5.11 Å². The fraction of sp³-hybridized carbons (Fsp3) is 0.667. The van der Waals surface area contributed by atoms with Crippen molar-refractivity contribution in [3.8, 4) is 0 Å². The Bertz CT molecular complexity index is 367. The highest BCUT2D eigenvalue weighted by atomic mass is 16.3. The first-order chi connectivity index (χ1) is 8.06. The highest BCUT2D eigenvalue weighted by molar-refractivity contribution is 5.16. The minimum absolute atomic E-state index is 0.378. The molecular formula is C15H23NO. The molecule has 1 saturated carbocycles. The van der Waals surface area contributed by atoms with E-state index in [4.69, 9.17) is 0 Å². The number of aromatic nitrogens is 1. The molecule has 0 bridgehead atoms. The average Bonchev–Trinajstić information content (AvgIpc) is 2.26. The van der Waals surface area contributed by atoms with Gasteiger partial charge in [0.15, 0.2) is 0 Å². The van der Waals surface area contributed by atoms with E-state index in [0.29, 0.717) is 5.92 Å². The minimum atomic E-state index is -0.389. The fourth-order valence-electron chi connectivity index (χ4n) is 3.23. The molecule has 1 aliphatic rings. The zero-order valence-corrected chi connectivity index (χ0v) is 11.1. The molecule has 2 rings (SSSR count). The first-order valence-corrected chi connectivity index (χ1v) is 6.67. The van der Waals surface area contributed by atoms with Crippen molar-refractivity contribution in [2.45, 2.75) is 46.1 Å². The van der Waals surface area contributed by atoms with Gasteiger partial charge < -0.3 is 5.11 Å². The van der Waals surface area contributed by atoms with Crippen molar-refractivity contribution in [3.05, 3.63) is 29.6 Å². The van der Waals surface area contributed by atoms with E-state index >= 15 is 0 Å². The third-order valence-electron chi connectivity index (χ3n) is 3.90. The van der Waals surface area contributed by atoms with Gasteiger partial charge in [-0.2, -0.15) is 0 Å². The number of aryl methyl sites for hydroxylation is 1. The molecule has 0 aliphatic heterocycles. The second kappa shape index (κ2) is 5.18. The maximum Gasteiger partial charge on any atom is 0.0988 e. The normalized spacial score (nSPS) is 31.2. The summed E-state index contributed by atoms with van der Waals surface area (Å²) in [7, 11) is 0. The quantitative estimate of drug-likeness (QED) is 0.848. The molecule has 1 aromatic heterocycles. The van der Waals surface area contributed by atoms with Gasteiger partial charge in [-0.3, -0.25) is 4.98 Å². The molecule has 0 aromatic carbocycles. The Morgan fingerprint density at radius 3 is 2.47 bits per heavy atom. The topological polar surface area (TPSA) is 33.1 Å². The Labute approximate surface area is 104 Å². The summed E-state index contributed by atoms with van der Waals surface area (Å²) >= 11 is 0. The van der Waals surface area contributed by atoms with Gasteiger partial charge in [-0.15, -0.1) is 0 Å². The van der Waals surface area contributed by atoms with Crippen LogP contribution in [-0.4, -0.2) is 10.1 Å². The van der Waals surface area contributed by atoms with Crippen LogP contribution in [0.25, 0.3) is 0 Å². The number of rotatable bonds is 2. The molecule has 0 spiro atoms. The Hall–Kier alpha value is -0.890. The number of hydrogen-bond acceptors (Lipinski definition) is 2. The summed E-state index contributed by atoms with van der Waals surface area (Å²) in [5, 5.41) is 10.4. The maximum atomic E-state index is 10.4. The molecular weight excluding hydrogens is 210 g/mol. The van der Waals surface area contributed by atoms with Gasteiger partial charge in [0, 0.05) is 6.20 Å². The third kappa shape index (κ3) is 3.06. The lowest BCUT2D eigenvalue weighted by Crippen LogP contribution is -2.25. The standard InChI is InChI=1S/C15H23NO/c1-10-4-5-16-14(9-10)15(17)13-7-11(2)6-12(3)8-13/h4-5,9,11-13,15,17H,6-8H2,1-3H3. The highest BCUT2D eigenvalue weighted by Gasteiger charge is 2.30. The van der Waals surface area contributed by atoms with E-state index in [1.165, 1.54) is 12.0 Å². The lowest BCUT2D eigenvalue weighted by atomic mass is 9.74. The van der Waals surface area contributed by atoms with E-state index in [1.807, 2.05) is 19.1 Å². The molecule has 3 atom stereocenters. The molecule has 94 valence electrons. The van der Waals surface area contributed by atoms with Gasteiger partial charge in [0.25, 0.3) is 0 Å². The predicted octanol–water partition coefficient (Wildman–Crippen LogP) is 3.50. The molecule has 1 aromatic rings. The molecule has 1 aliphatic carbocycles. The minimum Gasteiger partial charge on any atom is -0.387 e. The van der Waals surface area contributed by atoms with Crippen molar-refractivity contribution < 1.29 is 5.11 Å². The van der Waals surface area contributed by atoms with Crippen molar-refractivity contribution >= 4 is 0 Å². The largest absolute Gasteiger partial charge is 0.387 e. The van der Waals surface area contributed by atoms with Gasteiger partial charge in [0.2, 0.25) is 0 Å². The van der Waals surface area contributed by atoms with E-state index in [0.717, 1.165) is 30.4 Å². The van der Waals surface area contributed by atoms with Crippen LogP contribution in [0.15, 0.2) is 18.3 Å². The number of hydrogen-bond donors (Lipinski definition) is 1. The van der Waals surface area contributed by atoms with Crippen LogP contribution in [0.2, 0.25) is 0 Å². The molecule has 0 amide bonds. The maximum absolute atomic E-state index is 10.4. The average molecular weight is 233 g/mol. The van der Waals surface area contributed by atoms with Crippen LogP contribution in [0, 0.1) is 24.7 Å². The van der Waals surface area contributed by atoms with E-state index in [1.54, 1.807) is 6.20 Å². The second-order valence-corrected chi connectivity index (χ2v) is 5.88. The van der Waals surface area contributed by atoms with Crippen molar-refractivity contribution in [1.82, 2.24) is 4.98 Å². The van der Waals surface area contributed by atoms with Gasteiger partial charge in [-0.05, 0) is 61.6 Å². The Balaban J connectivity index is 2.11. The van der Waals surface area contributed by atoms with Crippen LogP contribution < -0.4 is 0 Å².